The second-order valence-corrected chi connectivity index (χ2v) is 8.32. The summed E-state index contributed by atoms with van der Waals surface area (Å²) in [6.07, 6.45) is 0. The highest BCUT2D eigenvalue weighted by Gasteiger charge is 2.28. The van der Waals surface area contributed by atoms with E-state index >= 15 is 0 Å². The lowest BCUT2D eigenvalue weighted by Gasteiger charge is -2.34. The van der Waals surface area contributed by atoms with Crippen molar-refractivity contribution in [2.75, 3.05) is 26.2 Å². The van der Waals surface area contributed by atoms with E-state index in [1.54, 1.807) is 12.1 Å². The third-order valence-electron chi connectivity index (χ3n) is 4.23. The lowest BCUT2D eigenvalue weighted by molar-refractivity contribution is 0.181. The number of nitriles is 1. The average molecular weight is 376 g/mol. The molecule has 0 aromatic heterocycles. The number of nitrogens with zero attached hydrogens (tertiary/aromatic N) is 3. The summed E-state index contributed by atoms with van der Waals surface area (Å²) in [5, 5.41) is 9.66. The van der Waals surface area contributed by atoms with Gasteiger partial charge in [0.1, 0.15) is 0 Å². The van der Waals surface area contributed by atoms with Crippen molar-refractivity contribution in [1.82, 2.24) is 9.21 Å². The molecule has 2 aromatic rings. The van der Waals surface area contributed by atoms with Crippen LogP contribution in [0.2, 0.25) is 5.02 Å². The van der Waals surface area contributed by atoms with Crippen LogP contribution >= 0.6 is 11.6 Å². The van der Waals surface area contributed by atoms with Crippen molar-refractivity contribution >= 4 is 21.6 Å². The zero-order valence-electron chi connectivity index (χ0n) is 13.6. The van der Waals surface area contributed by atoms with Crippen LogP contribution in [0.4, 0.5) is 0 Å². The molecule has 0 spiro atoms. The van der Waals surface area contributed by atoms with E-state index in [1.165, 1.54) is 16.4 Å². The molecule has 1 heterocycles. The molecular formula is C18H18ClN3O2S. The summed E-state index contributed by atoms with van der Waals surface area (Å²) < 4.78 is 27.0. The first kappa shape index (κ1) is 17.9. The van der Waals surface area contributed by atoms with Crippen LogP contribution in [0.25, 0.3) is 0 Å². The van der Waals surface area contributed by atoms with Gasteiger partial charge in [0.25, 0.3) is 0 Å². The van der Waals surface area contributed by atoms with Crippen LogP contribution in [0.15, 0.2) is 53.4 Å². The number of hydrogen-bond acceptors (Lipinski definition) is 4. The summed E-state index contributed by atoms with van der Waals surface area (Å²) >= 11 is 6.01. The van der Waals surface area contributed by atoms with Crippen molar-refractivity contribution < 1.29 is 8.42 Å². The zero-order chi connectivity index (χ0) is 17.9. The number of sulfonamides is 1. The lowest BCUT2D eigenvalue weighted by Crippen LogP contribution is -2.48. The normalized spacial score (nSPS) is 16.5. The summed E-state index contributed by atoms with van der Waals surface area (Å²) in [7, 11) is -3.56. The van der Waals surface area contributed by atoms with Crippen LogP contribution in [-0.2, 0) is 16.6 Å². The molecule has 3 rings (SSSR count). The Kier molecular flexibility index (Phi) is 5.40. The fraction of sp³-hybridized carbons (Fsp3) is 0.278. The molecule has 1 fully saturated rings. The summed E-state index contributed by atoms with van der Waals surface area (Å²) in [6.45, 7) is 2.92. The molecule has 0 saturated carbocycles. The molecule has 2 aromatic carbocycles. The van der Waals surface area contributed by atoms with Gasteiger partial charge in [-0.1, -0.05) is 29.8 Å². The number of piperazine rings is 1. The van der Waals surface area contributed by atoms with E-state index in [9.17, 15) is 8.42 Å². The smallest absolute Gasteiger partial charge is 0.243 e. The molecule has 5 nitrogen and oxygen atoms in total. The van der Waals surface area contributed by atoms with Crippen molar-refractivity contribution in [1.29, 1.82) is 5.26 Å². The van der Waals surface area contributed by atoms with E-state index in [1.807, 2.05) is 30.3 Å². The van der Waals surface area contributed by atoms with Crippen molar-refractivity contribution in [3.8, 4) is 6.07 Å². The predicted octanol–water partition coefficient (Wildman–Crippen LogP) is 2.72. The molecular weight excluding hydrogens is 358 g/mol. The van der Waals surface area contributed by atoms with Crippen molar-refractivity contribution in [2.24, 2.45) is 0 Å². The summed E-state index contributed by atoms with van der Waals surface area (Å²) in [5.41, 5.74) is 1.46. The van der Waals surface area contributed by atoms with Gasteiger partial charge in [-0.05, 0) is 35.9 Å². The number of halogens is 1. The van der Waals surface area contributed by atoms with Gasteiger partial charge in [-0.3, -0.25) is 4.90 Å². The maximum Gasteiger partial charge on any atom is 0.243 e. The Bertz CT molecular complexity index is 901. The van der Waals surface area contributed by atoms with Gasteiger partial charge >= 0.3 is 0 Å². The van der Waals surface area contributed by atoms with Crippen LogP contribution in [0.3, 0.4) is 0 Å². The van der Waals surface area contributed by atoms with E-state index in [0.717, 1.165) is 12.1 Å². The Labute approximate surface area is 153 Å². The number of benzene rings is 2. The predicted molar refractivity (Wildman–Crippen MR) is 96.6 cm³/mol. The van der Waals surface area contributed by atoms with Crippen LogP contribution in [-0.4, -0.2) is 43.8 Å². The maximum atomic E-state index is 12.7. The summed E-state index contributed by atoms with van der Waals surface area (Å²) in [6, 6.07) is 15.8. The van der Waals surface area contributed by atoms with Gasteiger partial charge in [0.2, 0.25) is 10.0 Å². The third kappa shape index (κ3) is 4.20. The molecule has 25 heavy (non-hydrogen) atoms. The topological polar surface area (TPSA) is 64.4 Å². The van der Waals surface area contributed by atoms with Gasteiger partial charge in [-0.15, -0.1) is 0 Å². The van der Waals surface area contributed by atoms with Gasteiger partial charge in [0, 0.05) is 37.7 Å². The largest absolute Gasteiger partial charge is 0.296 e. The second kappa shape index (κ2) is 7.54. The molecule has 0 aliphatic carbocycles. The monoisotopic (exact) mass is 375 g/mol. The van der Waals surface area contributed by atoms with Gasteiger partial charge < -0.3 is 0 Å². The van der Waals surface area contributed by atoms with E-state index < -0.39 is 10.0 Å². The molecule has 7 heteroatoms. The minimum atomic E-state index is -3.56. The second-order valence-electron chi connectivity index (χ2n) is 5.95. The first-order chi connectivity index (χ1) is 12.0. The van der Waals surface area contributed by atoms with Crippen molar-refractivity contribution in [3.05, 3.63) is 64.7 Å². The average Bonchev–Trinajstić information content (AvgIpc) is 2.62. The summed E-state index contributed by atoms with van der Waals surface area (Å²) in [5.74, 6) is 0. The lowest BCUT2D eigenvalue weighted by atomic mass is 10.2. The van der Waals surface area contributed by atoms with E-state index in [4.69, 9.17) is 16.9 Å². The Morgan fingerprint density at radius 1 is 1.04 bits per heavy atom. The van der Waals surface area contributed by atoms with Crippen LogP contribution in [0.1, 0.15) is 11.1 Å². The Morgan fingerprint density at radius 3 is 2.44 bits per heavy atom. The molecule has 0 N–H and O–H groups in total. The number of rotatable bonds is 4. The highest BCUT2D eigenvalue weighted by Crippen LogP contribution is 2.20. The van der Waals surface area contributed by atoms with E-state index in [0.29, 0.717) is 36.8 Å². The molecule has 0 unspecified atom stereocenters. The zero-order valence-corrected chi connectivity index (χ0v) is 15.2. The molecule has 0 amide bonds. The van der Waals surface area contributed by atoms with E-state index in [-0.39, 0.29) is 4.90 Å². The fourth-order valence-corrected chi connectivity index (χ4v) is 4.58. The Balaban J connectivity index is 1.66. The highest BCUT2D eigenvalue weighted by atomic mass is 35.5. The first-order valence-electron chi connectivity index (χ1n) is 7.96. The SMILES string of the molecule is N#Cc1cccc(S(=O)(=O)N2CCN(Cc3cccc(Cl)c3)CC2)c1. The van der Waals surface area contributed by atoms with Crippen LogP contribution in [0, 0.1) is 11.3 Å². The fourth-order valence-electron chi connectivity index (χ4n) is 2.90. The van der Waals surface area contributed by atoms with Gasteiger partial charge in [-0.2, -0.15) is 9.57 Å². The highest BCUT2D eigenvalue weighted by molar-refractivity contribution is 7.89. The van der Waals surface area contributed by atoms with Gasteiger partial charge in [-0.25, -0.2) is 8.42 Å². The van der Waals surface area contributed by atoms with Crippen molar-refractivity contribution in [2.45, 2.75) is 11.4 Å². The molecule has 130 valence electrons. The van der Waals surface area contributed by atoms with Crippen LogP contribution in [0.5, 0.6) is 0 Å². The molecule has 0 bridgehead atoms. The standard InChI is InChI=1S/C18H18ClN3O2S/c19-17-5-1-4-16(11-17)14-21-7-9-22(10-8-21)25(23,24)18-6-2-3-15(12-18)13-20/h1-6,11-12H,7-10,14H2. The molecule has 0 radical (unpaired) electrons. The molecule has 1 saturated heterocycles. The summed E-state index contributed by atoms with van der Waals surface area (Å²) in [4.78, 5) is 2.39. The van der Waals surface area contributed by atoms with E-state index in [2.05, 4.69) is 4.90 Å². The third-order valence-corrected chi connectivity index (χ3v) is 6.36. The minimum Gasteiger partial charge on any atom is -0.296 e. The van der Waals surface area contributed by atoms with Gasteiger partial charge in [0.15, 0.2) is 0 Å². The quantitative estimate of drug-likeness (QED) is 0.824. The van der Waals surface area contributed by atoms with Crippen LogP contribution < -0.4 is 0 Å². The van der Waals surface area contributed by atoms with Gasteiger partial charge in [0.05, 0.1) is 16.5 Å². The maximum absolute atomic E-state index is 12.7. The number of hydrogen-bond donors (Lipinski definition) is 0. The Hall–Kier alpha value is -1.91. The Morgan fingerprint density at radius 2 is 1.76 bits per heavy atom. The molecule has 1 aliphatic rings. The molecule has 1 aliphatic heterocycles. The minimum absolute atomic E-state index is 0.176. The first-order valence-corrected chi connectivity index (χ1v) is 9.78. The van der Waals surface area contributed by atoms with Crippen molar-refractivity contribution in [3.63, 3.8) is 0 Å². The molecule has 0 atom stereocenters.